The smallest absolute Gasteiger partial charge is 0.294 e. The van der Waals surface area contributed by atoms with Gasteiger partial charge in [-0.2, -0.15) is 5.10 Å². The van der Waals surface area contributed by atoms with Gasteiger partial charge in [-0.1, -0.05) is 30.3 Å². The van der Waals surface area contributed by atoms with Gasteiger partial charge < -0.3 is 4.42 Å². The van der Waals surface area contributed by atoms with E-state index in [1.165, 1.54) is 16.0 Å². The minimum Gasteiger partial charge on any atom is -0.463 e. The molecule has 0 spiro atoms. The third-order valence-corrected chi connectivity index (χ3v) is 4.51. The van der Waals surface area contributed by atoms with Crippen molar-refractivity contribution in [3.05, 3.63) is 69.7 Å². The largest absolute Gasteiger partial charge is 0.463 e. The standard InChI is InChI=1S/C17H13N3O2S/c1-11-18-15-16(23-11)14(13-8-5-9-22-13)19-20(17(15)21)10-12-6-3-2-4-7-12/h2-9H,10H2,1H3. The Labute approximate surface area is 135 Å². The Bertz CT molecular complexity index is 1020. The molecule has 0 N–H and O–H groups in total. The van der Waals surface area contributed by atoms with Crippen LogP contribution in [-0.2, 0) is 6.54 Å². The van der Waals surface area contributed by atoms with Gasteiger partial charge in [0.05, 0.1) is 22.5 Å². The Morgan fingerprint density at radius 1 is 1.17 bits per heavy atom. The quantitative estimate of drug-likeness (QED) is 0.579. The average molecular weight is 323 g/mol. The topological polar surface area (TPSA) is 60.9 Å². The number of aromatic nitrogens is 3. The zero-order valence-corrected chi connectivity index (χ0v) is 13.2. The zero-order chi connectivity index (χ0) is 15.8. The summed E-state index contributed by atoms with van der Waals surface area (Å²) in [5.74, 6) is 0.639. The molecular weight excluding hydrogens is 310 g/mol. The summed E-state index contributed by atoms with van der Waals surface area (Å²) in [7, 11) is 0. The molecule has 0 aliphatic carbocycles. The number of thiazole rings is 1. The van der Waals surface area contributed by atoms with E-state index in [0.29, 0.717) is 23.5 Å². The normalized spacial score (nSPS) is 11.2. The van der Waals surface area contributed by atoms with Gasteiger partial charge in [-0.25, -0.2) is 9.67 Å². The Balaban J connectivity index is 1.95. The highest BCUT2D eigenvalue weighted by Gasteiger charge is 2.17. The van der Waals surface area contributed by atoms with Gasteiger partial charge in [0, 0.05) is 0 Å². The van der Waals surface area contributed by atoms with Crippen molar-refractivity contribution in [2.45, 2.75) is 13.5 Å². The molecule has 0 unspecified atom stereocenters. The van der Waals surface area contributed by atoms with E-state index >= 15 is 0 Å². The predicted molar refractivity (Wildman–Crippen MR) is 89.7 cm³/mol. The lowest BCUT2D eigenvalue weighted by Gasteiger charge is -2.07. The maximum atomic E-state index is 12.7. The van der Waals surface area contributed by atoms with Crippen LogP contribution in [0.2, 0.25) is 0 Å². The molecule has 4 rings (SSSR count). The minimum absolute atomic E-state index is 0.177. The maximum Gasteiger partial charge on any atom is 0.294 e. The molecule has 0 aliphatic heterocycles. The van der Waals surface area contributed by atoms with Crippen LogP contribution in [0.5, 0.6) is 0 Å². The number of rotatable bonds is 3. The van der Waals surface area contributed by atoms with Crippen LogP contribution >= 0.6 is 11.3 Å². The molecule has 3 aromatic heterocycles. The van der Waals surface area contributed by atoms with Crippen LogP contribution in [0.25, 0.3) is 21.7 Å². The number of hydrogen-bond acceptors (Lipinski definition) is 5. The third-order valence-electron chi connectivity index (χ3n) is 3.54. The molecule has 1 aromatic carbocycles. The van der Waals surface area contributed by atoms with Crippen molar-refractivity contribution < 1.29 is 4.42 Å². The Hall–Kier alpha value is -2.73. The summed E-state index contributed by atoms with van der Waals surface area (Å²) in [6, 6.07) is 13.4. The van der Waals surface area contributed by atoms with Crippen molar-refractivity contribution in [3.8, 4) is 11.5 Å². The van der Waals surface area contributed by atoms with E-state index in [1.54, 1.807) is 6.26 Å². The second kappa shape index (κ2) is 5.48. The number of benzene rings is 1. The molecular formula is C17H13N3O2S. The van der Waals surface area contributed by atoms with Crippen molar-refractivity contribution in [2.75, 3.05) is 0 Å². The monoisotopic (exact) mass is 323 g/mol. The van der Waals surface area contributed by atoms with E-state index in [1.807, 2.05) is 49.4 Å². The first-order valence-electron chi connectivity index (χ1n) is 7.18. The second-order valence-electron chi connectivity index (χ2n) is 5.18. The van der Waals surface area contributed by atoms with Crippen LogP contribution in [0, 0.1) is 6.92 Å². The first-order chi connectivity index (χ1) is 11.2. The highest BCUT2D eigenvalue weighted by molar-refractivity contribution is 7.19. The van der Waals surface area contributed by atoms with Gasteiger partial charge in [0.1, 0.15) is 5.69 Å². The van der Waals surface area contributed by atoms with E-state index in [-0.39, 0.29) is 5.56 Å². The summed E-state index contributed by atoms with van der Waals surface area (Å²) in [6.45, 7) is 2.29. The molecule has 6 heteroatoms. The van der Waals surface area contributed by atoms with Crippen LogP contribution in [0.4, 0.5) is 0 Å². The summed E-state index contributed by atoms with van der Waals surface area (Å²) in [5, 5.41) is 5.37. The highest BCUT2D eigenvalue weighted by atomic mass is 32.1. The van der Waals surface area contributed by atoms with Crippen molar-refractivity contribution in [2.24, 2.45) is 0 Å². The average Bonchev–Trinajstić information content (AvgIpc) is 3.21. The molecule has 5 nitrogen and oxygen atoms in total. The summed E-state index contributed by atoms with van der Waals surface area (Å²) < 4.78 is 7.71. The Morgan fingerprint density at radius 2 is 2.00 bits per heavy atom. The fraction of sp³-hybridized carbons (Fsp3) is 0.118. The summed E-state index contributed by atoms with van der Waals surface area (Å²) >= 11 is 1.46. The van der Waals surface area contributed by atoms with Gasteiger partial charge in [0.2, 0.25) is 0 Å². The number of fused-ring (bicyclic) bond motifs is 1. The van der Waals surface area contributed by atoms with E-state index in [2.05, 4.69) is 10.1 Å². The van der Waals surface area contributed by atoms with Crippen LogP contribution < -0.4 is 5.56 Å². The molecule has 23 heavy (non-hydrogen) atoms. The number of furan rings is 1. The van der Waals surface area contributed by atoms with Gasteiger partial charge in [-0.15, -0.1) is 11.3 Å². The van der Waals surface area contributed by atoms with Gasteiger partial charge in [0.15, 0.2) is 11.3 Å². The van der Waals surface area contributed by atoms with Crippen molar-refractivity contribution in [1.29, 1.82) is 0 Å². The third kappa shape index (κ3) is 2.47. The lowest BCUT2D eigenvalue weighted by Crippen LogP contribution is -2.24. The molecule has 0 aliphatic rings. The molecule has 0 fully saturated rings. The summed E-state index contributed by atoms with van der Waals surface area (Å²) in [5.41, 5.74) is 1.94. The van der Waals surface area contributed by atoms with Crippen LogP contribution in [0.3, 0.4) is 0 Å². The highest BCUT2D eigenvalue weighted by Crippen LogP contribution is 2.29. The Kier molecular flexibility index (Phi) is 3.31. The molecule has 0 saturated carbocycles. The SMILES string of the molecule is Cc1nc2c(=O)n(Cc3ccccc3)nc(-c3ccco3)c2s1. The first-order valence-corrected chi connectivity index (χ1v) is 8.00. The Morgan fingerprint density at radius 3 is 2.74 bits per heavy atom. The molecule has 0 saturated heterocycles. The second-order valence-corrected chi connectivity index (χ2v) is 6.39. The fourth-order valence-electron chi connectivity index (χ4n) is 2.50. The number of aryl methyl sites for hydroxylation is 1. The molecule has 3 heterocycles. The van der Waals surface area contributed by atoms with Gasteiger partial charge in [-0.05, 0) is 24.6 Å². The molecule has 0 atom stereocenters. The minimum atomic E-state index is -0.177. The number of nitrogens with zero attached hydrogens (tertiary/aromatic N) is 3. The van der Waals surface area contributed by atoms with Gasteiger partial charge in [0.25, 0.3) is 5.56 Å². The van der Waals surface area contributed by atoms with Crippen LogP contribution in [0.1, 0.15) is 10.6 Å². The maximum absolute atomic E-state index is 12.7. The summed E-state index contributed by atoms with van der Waals surface area (Å²) in [4.78, 5) is 17.1. The zero-order valence-electron chi connectivity index (χ0n) is 12.4. The van der Waals surface area contributed by atoms with Gasteiger partial charge in [-0.3, -0.25) is 4.79 Å². The lowest BCUT2D eigenvalue weighted by atomic mass is 10.2. The molecule has 0 amide bonds. The fourth-order valence-corrected chi connectivity index (χ4v) is 3.40. The molecule has 4 aromatic rings. The first kappa shape index (κ1) is 13.9. The number of hydrogen-bond donors (Lipinski definition) is 0. The van der Waals surface area contributed by atoms with Crippen molar-refractivity contribution in [1.82, 2.24) is 14.8 Å². The molecule has 0 bridgehead atoms. The van der Waals surface area contributed by atoms with E-state index in [4.69, 9.17) is 4.42 Å². The van der Waals surface area contributed by atoms with Gasteiger partial charge >= 0.3 is 0 Å². The van der Waals surface area contributed by atoms with Crippen molar-refractivity contribution >= 4 is 21.6 Å². The van der Waals surface area contributed by atoms with Crippen LogP contribution in [-0.4, -0.2) is 14.8 Å². The predicted octanol–water partition coefficient (Wildman–Crippen LogP) is 3.47. The van der Waals surface area contributed by atoms with E-state index in [0.717, 1.165) is 15.3 Å². The summed E-state index contributed by atoms with van der Waals surface area (Å²) in [6.07, 6.45) is 1.60. The molecule has 114 valence electrons. The molecule has 0 radical (unpaired) electrons. The van der Waals surface area contributed by atoms with E-state index in [9.17, 15) is 4.79 Å². The van der Waals surface area contributed by atoms with Crippen molar-refractivity contribution in [3.63, 3.8) is 0 Å². The lowest BCUT2D eigenvalue weighted by molar-refractivity contribution is 0.571. The van der Waals surface area contributed by atoms with E-state index < -0.39 is 0 Å². The van der Waals surface area contributed by atoms with Crippen LogP contribution in [0.15, 0.2) is 57.9 Å².